The fraction of sp³-hybridized carbons (Fsp3) is 0.167. The molecule has 0 radical (unpaired) electrons. The minimum absolute atomic E-state index is 0.00531. The van der Waals surface area contributed by atoms with Gasteiger partial charge in [-0.15, -0.1) is 11.6 Å². The molecule has 4 rings (SSSR count). The maximum atomic E-state index is 12.9. The Labute approximate surface area is 168 Å². The van der Waals surface area contributed by atoms with Crippen LogP contribution in [-0.4, -0.2) is 22.0 Å². The number of ketones is 2. The zero-order chi connectivity index (χ0) is 19.7. The Hall–Kier alpha value is -2.91. The van der Waals surface area contributed by atoms with Crippen molar-refractivity contribution in [2.24, 2.45) is 0 Å². The summed E-state index contributed by atoms with van der Waals surface area (Å²) in [6, 6.07) is 20.9. The molecule has 0 unspecified atom stereocenters. The minimum Gasteiger partial charge on any atom is -0.341 e. The molecule has 0 amide bonds. The van der Waals surface area contributed by atoms with Crippen LogP contribution in [0.4, 0.5) is 0 Å². The van der Waals surface area contributed by atoms with Gasteiger partial charge in [0, 0.05) is 57.3 Å². The van der Waals surface area contributed by atoms with Gasteiger partial charge >= 0.3 is 0 Å². The van der Waals surface area contributed by atoms with Crippen LogP contribution in [0.2, 0.25) is 0 Å². The molecule has 0 aliphatic carbocycles. The summed E-state index contributed by atoms with van der Waals surface area (Å²) >= 11 is 5.74. The van der Waals surface area contributed by atoms with E-state index in [9.17, 15) is 9.59 Å². The molecule has 0 saturated heterocycles. The molecule has 0 N–H and O–H groups in total. The molecular formula is C24H20ClNO2. The van der Waals surface area contributed by atoms with Crippen molar-refractivity contribution in [3.05, 3.63) is 83.4 Å². The first-order valence-electron chi connectivity index (χ1n) is 9.39. The maximum Gasteiger partial charge on any atom is 0.193 e. The van der Waals surface area contributed by atoms with Crippen LogP contribution < -0.4 is 0 Å². The maximum absolute atomic E-state index is 12.9. The highest BCUT2D eigenvalue weighted by molar-refractivity contribution is 6.20. The Kier molecular flexibility index (Phi) is 5.01. The number of hydrogen-bond donors (Lipinski definition) is 0. The van der Waals surface area contributed by atoms with Gasteiger partial charge in [0.05, 0.1) is 0 Å². The lowest BCUT2D eigenvalue weighted by molar-refractivity contribution is 0.0988. The standard InChI is InChI=1S/C24H20ClNO2/c1-2-26-21-10-8-17(23(27)12-13-25)14-19(21)20-15-18(9-11-22(20)26)24(28)16-6-4-3-5-7-16/h3-11,14-15H,2,12-13H2,1H3. The first kappa shape index (κ1) is 18.5. The molecule has 1 aromatic heterocycles. The summed E-state index contributed by atoms with van der Waals surface area (Å²) in [5, 5.41) is 1.97. The first-order valence-corrected chi connectivity index (χ1v) is 9.92. The van der Waals surface area contributed by atoms with E-state index in [0.717, 1.165) is 28.4 Å². The highest BCUT2D eigenvalue weighted by Crippen LogP contribution is 2.31. The van der Waals surface area contributed by atoms with Crippen molar-refractivity contribution in [1.82, 2.24) is 4.57 Å². The Balaban J connectivity index is 1.91. The van der Waals surface area contributed by atoms with Crippen LogP contribution in [0, 0.1) is 0 Å². The SMILES string of the molecule is CCn1c2ccc(C(=O)CCCl)cc2c2cc(C(=O)c3ccccc3)ccc21. The fourth-order valence-electron chi connectivity index (χ4n) is 3.75. The molecule has 3 nitrogen and oxygen atoms in total. The molecule has 0 aliphatic heterocycles. The minimum atomic E-state index is -0.00531. The van der Waals surface area contributed by atoms with E-state index in [1.165, 1.54) is 0 Å². The van der Waals surface area contributed by atoms with E-state index in [2.05, 4.69) is 11.5 Å². The van der Waals surface area contributed by atoms with Crippen LogP contribution in [0.5, 0.6) is 0 Å². The molecule has 0 bridgehead atoms. The molecule has 0 saturated carbocycles. The lowest BCUT2D eigenvalue weighted by atomic mass is 10.00. The highest BCUT2D eigenvalue weighted by Gasteiger charge is 2.16. The van der Waals surface area contributed by atoms with Gasteiger partial charge in [-0.05, 0) is 43.3 Å². The smallest absolute Gasteiger partial charge is 0.193 e. The van der Waals surface area contributed by atoms with Crippen molar-refractivity contribution in [2.75, 3.05) is 5.88 Å². The Morgan fingerprint density at radius 2 is 1.43 bits per heavy atom. The van der Waals surface area contributed by atoms with Gasteiger partial charge in [-0.2, -0.15) is 0 Å². The molecule has 0 aliphatic rings. The van der Waals surface area contributed by atoms with Crippen LogP contribution in [0.25, 0.3) is 21.8 Å². The third-order valence-corrected chi connectivity index (χ3v) is 5.31. The number of halogens is 1. The zero-order valence-corrected chi connectivity index (χ0v) is 16.4. The van der Waals surface area contributed by atoms with E-state index >= 15 is 0 Å². The highest BCUT2D eigenvalue weighted by atomic mass is 35.5. The van der Waals surface area contributed by atoms with Gasteiger partial charge < -0.3 is 4.57 Å². The van der Waals surface area contributed by atoms with E-state index < -0.39 is 0 Å². The summed E-state index contributed by atoms with van der Waals surface area (Å²) in [6.45, 7) is 2.90. The number of benzene rings is 3. The molecule has 1 heterocycles. The molecule has 4 aromatic rings. The molecule has 0 fully saturated rings. The van der Waals surface area contributed by atoms with Gasteiger partial charge in [-0.25, -0.2) is 0 Å². The van der Waals surface area contributed by atoms with Gasteiger partial charge in [0.2, 0.25) is 0 Å². The van der Waals surface area contributed by atoms with Crippen molar-refractivity contribution < 1.29 is 9.59 Å². The monoisotopic (exact) mass is 389 g/mol. The number of hydrogen-bond acceptors (Lipinski definition) is 2. The summed E-state index contributed by atoms with van der Waals surface area (Å²) in [6.07, 6.45) is 0.317. The topological polar surface area (TPSA) is 39.1 Å². The van der Waals surface area contributed by atoms with Crippen LogP contribution in [0.1, 0.15) is 39.6 Å². The summed E-state index contributed by atoms with van der Waals surface area (Å²) in [5.41, 5.74) is 4.08. The average Bonchev–Trinajstić information content (AvgIpc) is 3.06. The number of Topliss-reactive ketones (excluding diaryl/α,β-unsaturated/α-hetero) is 1. The van der Waals surface area contributed by atoms with Crippen molar-refractivity contribution in [3.8, 4) is 0 Å². The van der Waals surface area contributed by atoms with E-state index in [4.69, 9.17) is 11.6 Å². The first-order chi connectivity index (χ1) is 13.6. The van der Waals surface area contributed by atoms with E-state index in [1.807, 2.05) is 66.7 Å². The van der Waals surface area contributed by atoms with Gasteiger partial charge in [0.25, 0.3) is 0 Å². The van der Waals surface area contributed by atoms with Crippen molar-refractivity contribution in [3.63, 3.8) is 0 Å². The molecule has 28 heavy (non-hydrogen) atoms. The number of alkyl halides is 1. The fourth-order valence-corrected chi connectivity index (χ4v) is 3.92. The number of aromatic nitrogens is 1. The van der Waals surface area contributed by atoms with Gasteiger partial charge in [-0.3, -0.25) is 9.59 Å². The molecule has 4 heteroatoms. The molecule has 3 aromatic carbocycles. The number of carbonyl (C=O) groups is 2. The Bertz CT molecular complexity index is 1190. The van der Waals surface area contributed by atoms with Gasteiger partial charge in [-0.1, -0.05) is 30.3 Å². The lowest BCUT2D eigenvalue weighted by Crippen LogP contribution is -2.01. The molecular weight excluding hydrogens is 370 g/mol. The zero-order valence-electron chi connectivity index (χ0n) is 15.6. The Morgan fingerprint density at radius 1 is 0.821 bits per heavy atom. The predicted octanol–water partition coefficient (Wildman–Crippen LogP) is 5.86. The van der Waals surface area contributed by atoms with Crippen LogP contribution in [0.3, 0.4) is 0 Å². The quantitative estimate of drug-likeness (QED) is 0.306. The van der Waals surface area contributed by atoms with Crippen molar-refractivity contribution in [2.45, 2.75) is 19.9 Å². The summed E-state index contributed by atoms with van der Waals surface area (Å²) in [5.74, 6) is 0.337. The van der Waals surface area contributed by atoms with Crippen LogP contribution in [0.15, 0.2) is 66.7 Å². The summed E-state index contributed by atoms with van der Waals surface area (Å²) in [4.78, 5) is 25.2. The third kappa shape index (κ3) is 3.12. The lowest BCUT2D eigenvalue weighted by Gasteiger charge is -2.04. The van der Waals surface area contributed by atoms with Gasteiger partial charge in [0.15, 0.2) is 11.6 Å². The van der Waals surface area contributed by atoms with Gasteiger partial charge in [0.1, 0.15) is 0 Å². The van der Waals surface area contributed by atoms with Crippen LogP contribution >= 0.6 is 11.6 Å². The van der Waals surface area contributed by atoms with Crippen molar-refractivity contribution in [1.29, 1.82) is 0 Å². The second-order valence-electron chi connectivity index (χ2n) is 6.77. The average molecular weight is 390 g/mol. The summed E-state index contributed by atoms with van der Waals surface area (Å²) < 4.78 is 2.21. The normalized spacial score (nSPS) is 11.2. The molecule has 0 spiro atoms. The number of fused-ring (bicyclic) bond motifs is 3. The number of rotatable bonds is 6. The molecule has 0 atom stereocenters. The largest absolute Gasteiger partial charge is 0.341 e. The number of aryl methyl sites for hydroxylation is 1. The number of nitrogens with zero attached hydrogens (tertiary/aromatic N) is 1. The second-order valence-corrected chi connectivity index (χ2v) is 7.14. The predicted molar refractivity (Wildman–Crippen MR) is 115 cm³/mol. The van der Waals surface area contributed by atoms with Crippen molar-refractivity contribution >= 4 is 45.0 Å². The van der Waals surface area contributed by atoms with Crippen LogP contribution in [-0.2, 0) is 6.54 Å². The number of carbonyl (C=O) groups excluding carboxylic acids is 2. The third-order valence-electron chi connectivity index (χ3n) is 5.12. The van der Waals surface area contributed by atoms with E-state index in [0.29, 0.717) is 29.0 Å². The van der Waals surface area contributed by atoms with E-state index in [1.54, 1.807) is 0 Å². The Morgan fingerprint density at radius 3 is 2.04 bits per heavy atom. The van der Waals surface area contributed by atoms with E-state index in [-0.39, 0.29) is 11.6 Å². The molecule has 140 valence electrons. The summed E-state index contributed by atoms with van der Waals surface area (Å²) in [7, 11) is 0. The second kappa shape index (κ2) is 7.61.